The third-order valence-electron chi connectivity index (χ3n) is 8.94. The number of carboxylic acids is 1. The molecule has 46 heavy (non-hydrogen) atoms. The molecule has 250 valence electrons. The van der Waals surface area contributed by atoms with Gasteiger partial charge in [-0.05, 0) is 90.9 Å². The number of fused-ring (bicyclic) bond motifs is 1. The van der Waals surface area contributed by atoms with Crippen molar-refractivity contribution < 1.29 is 24.2 Å². The molecule has 8 heteroatoms. The molecular weight excluding hydrogens is 578 g/mol. The summed E-state index contributed by atoms with van der Waals surface area (Å²) in [5.74, 6) is -0.602. The van der Waals surface area contributed by atoms with Crippen molar-refractivity contribution >= 4 is 28.4 Å². The average molecular weight is 632 g/mol. The van der Waals surface area contributed by atoms with Gasteiger partial charge in [0.15, 0.2) is 5.78 Å². The molecule has 2 unspecified atom stereocenters. The van der Waals surface area contributed by atoms with Crippen LogP contribution in [0.5, 0.6) is 0 Å². The first-order valence-corrected chi connectivity index (χ1v) is 16.4. The van der Waals surface area contributed by atoms with Crippen molar-refractivity contribution in [1.82, 2.24) is 4.57 Å². The third-order valence-corrected chi connectivity index (χ3v) is 8.94. The number of carboxylic acid groups (broad SMARTS) is 1. The van der Waals surface area contributed by atoms with E-state index in [-0.39, 0.29) is 36.3 Å². The minimum absolute atomic E-state index is 0.117. The van der Waals surface area contributed by atoms with Crippen LogP contribution in [0.3, 0.4) is 0 Å². The largest absolute Gasteiger partial charge is 0.481 e. The van der Waals surface area contributed by atoms with Crippen LogP contribution in [0.15, 0.2) is 82.7 Å². The second-order valence-electron chi connectivity index (χ2n) is 13.2. The van der Waals surface area contributed by atoms with E-state index in [1.165, 1.54) is 12.7 Å². The number of ketones is 1. The highest BCUT2D eigenvalue weighted by atomic mass is 16.5. The summed E-state index contributed by atoms with van der Waals surface area (Å²) in [5.41, 5.74) is 9.45. The lowest BCUT2D eigenvalue weighted by atomic mass is 9.72. The van der Waals surface area contributed by atoms with Crippen LogP contribution in [-0.4, -0.2) is 39.8 Å². The van der Waals surface area contributed by atoms with E-state index in [2.05, 4.69) is 29.5 Å². The van der Waals surface area contributed by atoms with E-state index < -0.39 is 16.8 Å². The number of ether oxygens (including phenoxy) is 2. The second-order valence-corrected chi connectivity index (χ2v) is 13.2. The summed E-state index contributed by atoms with van der Waals surface area (Å²) in [7, 11) is 0. The number of nitrogens with zero attached hydrogens (tertiary/aromatic N) is 2. The van der Waals surface area contributed by atoms with Crippen LogP contribution in [-0.2, 0) is 25.6 Å². The van der Waals surface area contributed by atoms with E-state index >= 15 is 0 Å². The van der Waals surface area contributed by atoms with Gasteiger partial charge in [-0.25, -0.2) is 4.99 Å². The third kappa shape index (κ3) is 8.27. The van der Waals surface area contributed by atoms with Crippen LogP contribution in [0, 0.1) is 10.8 Å². The van der Waals surface area contributed by atoms with E-state index in [0.29, 0.717) is 11.1 Å². The Morgan fingerprint density at radius 2 is 1.87 bits per heavy atom. The molecule has 2 heterocycles. The maximum atomic E-state index is 13.8. The molecule has 2 aromatic rings. The van der Waals surface area contributed by atoms with E-state index in [1.807, 2.05) is 39.0 Å². The molecule has 1 aromatic heterocycles. The molecule has 8 nitrogen and oxygen atoms in total. The number of allylic oxidation sites excluding steroid dienone is 4. The lowest BCUT2D eigenvalue weighted by Gasteiger charge is -2.33. The molecule has 0 saturated carbocycles. The molecule has 0 amide bonds. The topological polar surface area (TPSA) is 116 Å². The maximum Gasteiger partial charge on any atom is 0.309 e. The predicted molar refractivity (Wildman–Crippen MR) is 186 cm³/mol. The molecular formula is C38H53N3O5. The summed E-state index contributed by atoms with van der Waals surface area (Å²) >= 11 is 0. The highest BCUT2D eigenvalue weighted by Gasteiger charge is 2.43. The number of carbonyl (C=O) groups excluding carboxylic acids is 1. The Balaban J connectivity index is 2.11. The number of Topliss-reactive ketones (excluding diaryl/α,β-unsaturated/α-hetero) is 1. The first kappa shape index (κ1) is 36.6. The Morgan fingerprint density at radius 1 is 1.17 bits per heavy atom. The number of aromatic nitrogens is 1. The van der Waals surface area contributed by atoms with Gasteiger partial charge in [-0.2, -0.15) is 0 Å². The van der Waals surface area contributed by atoms with Crippen molar-refractivity contribution in [3.63, 3.8) is 0 Å². The van der Waals surface area contributed by atoms with Crippen molar-refractivity contribution in [3.8, 4) is 0 Å². The van der Waals surface area contributed by atoms with Crippen LogP contribution >= 0.6 is 0 Å². The van der Waals surface area contributed by atoms with E-state index in [0.717, 1.165) is 60.2 Å². The lowest BCUT2D eigenvalue weighted by molar-refractivity contribution is -0.146. The van der Waals surface area contributed by atoms with Crippen molar-refractivity contribution in [2.75, 3.05) is 6.61 Å². The predicted octanol–water partition coefficient (Wildman–Crippen LogP) is 8.47. The number of hydrogen-bond donors (Lipinski definition) is 2. The minimum atomic E-state index is -1.32. The van der Waals surface area contributed by atoms with Gasteiger partial charge in [0.05, 0.1) is 17.8 Å². The molecule has 1 aromatic carbocycles. The number of aliphatic imine (C=N–C) groups is 1. The van der Waals surface area contributed by atoms with Crippen LogP contribution in [0.2, 0.25) is 0 Å². The smallest absolute Gasteiger partial charge is 0.309 e. The fraction of sp³-hybridized carbons (Fsp3) is 0.500. The zero-order valence-corrected chi connectivity index (χ0v) is 29.0. The normalized spacial score (nSPS) is 18.6. The molecule has 0 radical (unpaired) electrons. The highest BCUT2D eigenvalue weighted by molar-refractivity contribution is 6.10. The zero-order valence-electron chi connectivity index (χ0n) is 29.0. The molecule has 0 aliphatic carbocycles. The van der Waals surface area contributed by atoms with Crippen molar-refractivity contribution in [1.29, 1.82) is 0 Å². The summed E-state index contributed by atoms with van der Waals surface area (Å²) in [6, 6.07) is 8.25. The number of nitrogens with two attached hydrogens (primary N) is 1. The van der Waals surface area contributed by atoms with Gasteiger partial charge in [-0.1, -0.05) is 44.7 Å². The van der Waals surface area contributed by atoms with Crippen molar-refractivity contribution in [2.45, 2.75) is 107 Å². The Bertz CT molecular complexity index is 1570. The molecule has 3 N–H and O–H groups in total. The maximum absolute atomic E-state index is 13.8. The van der Waals surface area contributed by atoms with Gasteiger partial charge in [0, 0.05) is 53.5 Å². The Hall–Kier alpha value is -3.91. The van der Waals surface area contributed by atoms with Crippen molar-refractivity contribution in [3.05, 3.63) is 83.2 Å². The molecule has 1 aliphatic heterocycles. The summed E-state index contributed by atoms with van der Waals surface area (Å²) < 4.78 is 14.3. The number of para-hydroxylation sites is 1. The molecule has 1 saturated heterocycles. The van der Waals surface area contributed by atoms with E-state index in [9.17, 15) is 14.7 Å². The van der Waals surface area contributed by atoms with Crippen LogP contribution < -0.4 is 5.73 Å². The Kier molecular flexibility index (Phi) is 12.4. The summed E-state index contributed by atoms with van der Waals surface area (Å²) in [6.07, 6.45) is 10.4. The highest BCUT2D eigenvalue weighted by Crippen LogP contribution is 2.43. The van der Waals surface area contributed by atoms with Gasteiger partial charge >= 0.3 is 5.97 Å². The average Bonchev–Trinajstić information content (AvgIpc) is 3.38. The summed E-state index contributed by atoms with van der Waals surface area (Å²) in [6.45, 7) is 20.4. The van der Waals surface area contributed by atoms with Gasteiger partial charge in [-0.3, -0.25) is 9.59 Å². The van der Waals surface area contributed by atoms with Crippen LogP contribution in [0.25, 0.3) is 10.9 Å². The number of rotatable bonds is 15. The molecule has 1 aliphatic rings. The van der Waals surface area contributed by atoms with Gasteiger partial charge in [0.2, 0.25) is 0 Å². The lowest BCUT2D eigenvalue weighted by Crippen LogP contribution is -2.34. The standard InChI is InChI=1S/C38H53N3O5/c1-10-16-26(4)34(38(9,33(42)11-2)28(6)46-24-25(3)21-37(7,8)36(43)44)35(39)40-27(5)31-23-41(22-29-17-14-15-20-45-29)32-19-13-12-18-30(31)32/h12-13,16,18-19,23-24,29H,6,10-11,14-15,17,20-22,39H2,1-5,7-9H3,(H,43,44)/b25-24+,26-16+,35-34+,40-27+. The number of aliphatic carboxylic acids is 1. The number of carbonyl (C=O) groups is 2. The zero-order chi connectivity index (χ0) is 34.2. The first-order valence-electron chi connectivity index (χ1n) is 16.4. The quantitative estimate of drug-likeness (QED) is 0.116. The number of hydrogen-bond acceptors (Lipinski definition) is 6. The monoisotopic (exact) mass is 631 g/mol. The Labute approximate surface area is 274 Å². The van der Waals surface area contributed by atoms with E-state index in [1.54, 1.807) is 34.6 Å². The summed E-state index contributed by atoms with van der Waals surface area (Å²) in [5, 5.41) is 10.6. The van der Waals surface area contributed by atoms with Crippen LogP contribution in [0.4, 0.5) is 0 Å². The van der Waals surface area contributed by atoms with Crippen LogP contribution in [0.1, 0.15) is 99.5 Å². The van der Waals surface area contributed by atoms with Crippen molar-refractivity contribution in [2.24, 2.45) is 21.6 Å². The Morgan fingerprint density at radius 3 is 2.48 bits per heavy atom. The molecule has 2 atom stereocenters. The minimum Gasteiger partial charge on any atom is -0.481 e. The fourth-order valence-electron chi connectivity index (χ4n) is 6.31. The SMILES string of the molecule is C=C(O/C=C(\C)CC(C)(C)C(=O)O)C(C)(C(=O)CC)C(/C(C)=C/CC)=C(N)/N=C(\C)c1cn(CC2CCCCO2)c2ccccc12. The first-order chi connectivity index (χ1) is 21.7. The summed E-state index contributed by atoms with van der Waals surface area (Å²) in [4.78, 5) is 30.4. The fourth-order valence-corrected chi connectivity index (χ4v) is 6.31. The second kappa shape index (κ2) is 15.6. The number of benzene rings is 1. The molecule has 0 bridgehead atoms. The van der Waals surface area contributed by atoms with Gasteiger partial charge in [0.1, 0.15) is 17.0 Å². The van der Waals surface area contributed by atoms with E-state index in [4.69, 9.17) is 20.2 Å². The molecule has 3 rings (SSSR count). The van der Waals surface area contributed by atoms with Gasteiger partial charge in [-0.15, -0.1) is 0 Å². The molecule has 1 fully saturated rings. The van der Waals surface area contributed by atoms with Gasteiger partial charge < -0.3 is 24.9 Å². The van der Waals surface area contributed by atoms with Gasteiger partial charge in [0.25, 0.3) is 0 Å². The molecule has 0 spiro atoms.